The fourth-order valence-electron chi connectivity index (χ4n) is 3.23. The monoisotopic (exact) mass is 487 g/mol. The zero-order valence-corrected chi connectivity index (χ0v) is 20.2. The molecular formula is C22H25N5O4S2. The molecule has 0 radical (unpaired) electrons. The Hall–Kier alpha value is -3.18. The average molecular weight is 488 g/mol. The Balaban J connectivity index is 1.72. The van der Waals surface area contributed by atoms with Gasteiger partial charge in [-0.2, -0.15) is 0 Å². The Morgan fingerprint density at radius 2 is 1.91 bits per heavy atom. The summed E-state index contributed by atoms with van der Waals surface area (Å²) in [7, 11) is 0. The van der Waals surface area contributed by atoms with Crippen LogP contribution in [0.2, 0.25) is 0 Å². The summed E-state index contributed by atoms with van der Waals surface area (Å²) in [6.45, 7) is 6.11. The van der Waals surface area contributed by atoms with E-state index in [1.165, 1.54) is 11.8 Å². The molecule has 9 nitrogen and oxygen atoms in total. The second kappa shape index (κ2) is 11.1. The van der Waals surface area contributed by atoms with Gasteiger partial charge in [-0.05, 0) is 31.9 Å². The SMILES string of the molecule is CCOC(=O)c1c(NC(=O)CSc2nnc(Cc3ccccc3)n2CC)sc(C(N)=O)c1C. The molecule has 3 aromatic rings. The number of rotatable bonds is 10. The van der Waals surface area contributed by atoms with Gasteiger partial charge >= 0.3 is 5.97 Å². The number of esters is 1. The van der Waals surface area contributed by atoms with Crippen molar-refractivity contribution in [1.82, 2.24) is 14.8 Å². The number of nitrogens with one attached hydrogen (secondary N) is 1. The third kappa shape index (κ3) is 5.79. The topological polar surface area (TPSA) is 129 Å². The highest BCUT2D eigenvalue weighted by molar-refractivity contribution is 7.99. The first-order valence-electron chi connectivity index (χ1n) is 10.3. The minimum Gasteiger partial charge on any atom is -0.462 e. The highest BCUT2D eigenvalue weighted by Gasteiger charge is 2.26. The Kier molecular flexibility index (Phi) is 8.23. The summed E-state index contributed by atoms with van der Waals surface area (Å²) < 4.78 is 7.04. The van der Waals surface area contributed by atoms with Crippen LogP contribution in [0, 0.1) is 6.92 Å². The predicted octanol–water partition coefficient (Wildman–Crippen LogP) is 3.27. The van der Waals surface area contributed by atoms with E-state index in [4.69, 9.17) is 10.5 Å². The molecule has 0 aliphatic rings. The summed E-state index contributed by atoms with van der Waals surface area (Å²) in [5.41, 5.74) is 7.08. The quantitative estimate of drug-likeness (QED) is 0.332. The second-order valence-corrected chi connectivity index (χ2v) is 8.95. The number of hydrogen-bond acceptors (Lipinski definition) is 8. The molecular weight excluding hydrogens is 462 g/mol. The van der Waals surface area contributed by atoms with Crippen LogP contribution >= 0.6 is 23.1 Å². The van der Waals surface area contributed by atoms with Crippen molar-refractivity contribution in [3.8, 4) is 0 Å². The van der Waals surface area contributed by atoms with E-state index in [2.05, 4.69) is 15.5 Å². The number of thioether (sulfide) groups is 1. The van der Waals surface area contributed by atoms with E-state index in [1.54, 1.807) is 13.8 Å². The lowest BCUT2D eigenvalue weighted by Gasteiger charge is -2.08. The van der Waals surface area contributed by atoms with Crippen molar-refractivity contribution < 1.29 is 19.1 Å². The lowest BCUT2D eigenvalue weighted by atomic mass is 10.1. The largest absolute Gasteiger partial charge is 0.462 e. The van der Waals surface area contributed by atoms with Crippen molar-refractivity contribution in [3.63, 3.8) is 0 Å². The maximum absolute atomic E-state index is 12.7. The molecule has 0 unspecified atom stereocenters. The summed E-state index contributed by atoms with van der Waals surface area (Å²) in [5.74, 6) is -0.763. The molecule has 2 aromatic heterocycles. The smallest absolute Gasteiger partial charge is 0.341 e. The number of anilines is 1. The number of nitrogens with zero attached hydrogens (tertiary/aromatic N) is 3. The van der Waals surface area contributed by atoms with E-state index in [1.807, 2.05) is 41.8 Å². The van der Waals surface area contributed by atoms with E-state index in [9.17, 15) is 14.4 Å². The van der Waals surface area contributed by atoms with Gasteiger partial charge in [0, 0.05) is 13.0 Å². The van der Waals surface area contributed by atoms with Crippen LogP contribution in [-0.4, -0.2) is 44.9 Å². The van der Waals surface area contributed by atoms with E-state index >= 15 is 0 Å². The molecule has 174 valence electrons. The van der Waals surface area contributed by atoms with Crippen molar-refractivity contribution in [3.05, 3.63) is 57.7 Å². The number of carbonyl (C=O) groups is 3. The maximum Gasteiger partial charge on any atom is 0.341 e. The Morgan fingerprint density at radius 3 is 2.55 bits per heavy atom. The van der Waals surface area contributed by atoms with Crippen molar-refractivity contribution in [1.29, 1.82) is 0 Å². The number of primary amides is 1. The van der Waals surface area contributed by atoms with Crippen molar-refractivity contribution >= 4 is 45.9 Å². The van der Waals surface area contributed by atoms with Gasteiger partial charge in [0.25, 0.3) is 5.91 Å². The van der Waals surface area contributed by atoms with Crippen molar-refractivity contribution in [2.24, 2.45) is 5.73 Å². The fraction of sp³-hybridized carbons (Fsp3) is 0.318. The third-order valence-corrected chi connectivity index (χ3v) is 6.94. The van der Waals surface area contributed by atoms with Gasteiger partial charge in [-0.1, -0.05) is 42.1 Å². The van der Waals surface area contributed by atoms with Crippen LogP contribution in [-0.2, 0) is 22.5 Å². The molecule has 2 amide bonds. The molecule has 0 saturated carbocycles. The minimum absolute atomic E-state index is 0.0502. The first-order chi connectivity index (χ1) is 15.8. The lowest BCUT2D eigenvalue weighted by Crippen LogP contribution is -2.17. The molecule has 3 rings (SSSR count). The number of amides is 2. The highest BCUT2D eigenvalue weighted by atomic mass is 32.2. The molecule has 11 heteroatoms. The average Bonchev–Trinajstić information content (AvgIpc) is 3.33. The second-order valence-electron chi connectivity index (χ2n) is 6.99. The minimum atomic E-state index is -0.667. The molecule has 2 heterocycles. The van der Waals surface area contributed by atoms with Crippen LogP contribution < -0.4 is 11.1 Å². The zero-order chi connectivity index (χ0) is 24.0. The van der Waals surface area contributed by atoms with Gasteiger partial charge in [0.05, 0.1) is 22.8 Å². The van der Waals surface area contributed by atoms with E-state index in [0.717, 1.165) is 22.7 Å². The van der Waals surface area contributed by atoms with Crippen LogP contribution in [0.3, 0.4) is 0 Å². The standard InChI is InChI=1S/C22H25N5O4S2/c1-4-27-15(11-14-9-7-6-8-10-14)25-26-22(27)32-12-16(28)24-20-17(21(30)31-5-2)13(3)18(33-20)19(23)29/h6-10H,4-5,11-12H2,1-3H3,(H2,23,29)(H,24,28). The fourth-order valence-corrected chi connectivity index (χ4v) is 5.12. The molecule has 33 heavy (non-hydrogen) atoms. The van der Waals surface area contributed by atoms with Crippen LogP contribution in [0.4, 0.5) is 5.00 Å². The lowest BCUT2D eigenvalue weighted by molar-refractivity contribution is -0.113. The van der Waals surface area contributed by atoms with Crippen molar-refractivity contribution in [2.45, 2.75) is 38.9 Å². The first-order valence-corrected chi connectivity index (χ1v) is 12.1. The van der Waals surface area contributed by atoms with Gasteiger partial charge < -0.3 is 20.4 Å². The molecule has 0 atom stereocenters. The molecule has 0 saturated heterocycles. The van der Waals surface area contributed by atoms with Gasteiger partial charge in [-0.15, -0.1) is 21.5 Å². The van der Waals surface area contributed by atoms with E-state index in [0.29, 0.717) is 23.7 Å². The van der Waals surface area contributed by atoms with E-state index < -0.39 is 11.9 Å². The Labute approximate surface area is 199 Å². The number of aromatic nitrogens is 3. The molecule has 0 spiro atoms. The van der Waals surface area contributed by atoms with Crippen LogP contribution in [0.5, 0.6) is 0 Å². The highest BCUT2D eigenvalue weighted by Crippen LogP contribution is 2.33. The maximum atomic E-state index is 12.7. The van der Waals surface area contributed by atoms with Crippen molar-refractivity contribution in [2.75, 3.05) is 17.7 Å². The summed E-state index contributed by atoms with van der Waals surface area (Å²) >= 11 is 2.21. The molecule has 0 aliphatic heterocycles. The summed E-state index contributed by atoms with van der Waals surface area (Å²) in [6.07, 6.45) is 0.641. The molecule has 0 aliphatic carbocycles. The summed E-state index contributed by atoms with van der Waals surface area (Å²) in [4.78, 5) is 36.9. The van der Waals surface area contributed by atoms with Gasteiger partial charge in [-0.25, -0.2) is 4.79 Å². The van der Waals surface area contributed by atoms with Crippen LogP contribution in [0.25, 0.3) is 0 Å². The van der Waals surface area contributed by atoms with Crippen LogP contribution in [0.1, 0.15) is 50.8 Å². The normalized spacial score (nSPS) is 10.8. The summed E-state index contributed by atoms with van der Waals surface area (Å²) in [6, 6.07) is 9.96. The molecule has 0 bridgehead atoms. The first kappa shape index (κ1) is 24.5. The van der Waals surface area contributed by atoms with Gasteiger partial charge in [0.2, 0.25) is 5.91 Å². The van der Waals surface area contributed by atoms with Gasteiger partial charge in [-0.3, -0.25) is 9.59 Å². The van der Waals surface area contributed by atoms with Gasteiger partial charge in [0.1, 0.15) is 10.8 Å². The Bertz CT molecular complexity index is 1160. The molecule has 1 aromatic carbocycles. The molecule has 3 N–H and O–H groups in total. The number of thiophene rings is 1. The number of nitrogens with two attached hydrogens (primary N) is 1. The predicted molar refractivity (Wildman–Crippen MR) is 128 cm³/mol. The van der Waals surface area contributed by atoms with E-state index in [-0.39, 0.29) is 33.7 Å². The zero-order valence-electron chi connectivity index (χ0n) is 18.6. The third-order valence-electron chi connectivity index (χ3n) is 4.75. The molecule has 0 fully saturated rings. The number of ether oxygens (including phenoxy) is 1. The number of hydrogen-bond donors (Lipinski definition) is 2. The number of carbonyl (C=O) groups excluding carboxylic acids is 3. The van der Waals surface area contributed by atoms with Crippen LogP contribution in [0.15, 0.2) is 35.5 Å². The number of benzene rings is 1. The summed E-state index contributed by atoms with van der Waals surface area (Å²) in [5, 5.41) is 12.1. The van der Waals surface area contributed by atoms with Gasteiger partial charge in [0.15, 0.2) is 5.16 Å². The Morgan fingerprint density at radius 1 is 1.18 bits per heavy atom.